The molecular formula is C20H22N4O. The van der Waals surface area contributed by atoms with Gasteiger partial charge in [-0.25, -0.2) is 4.68 Å². The van der Waals surface area contributed by atoms with Crippen LogP contribution in [-0.2, 0) is 6.42 Å². The Balaban J connectivity index is 1.97. The molecule has 5 heteroatoms. The molecule has 0 atom stereocenters. The smallest absolute Gasteiger partial charge is 0.278 e. The van der Waals surface area contributed by atoms with E-state index in [1.807, 2.05) is 62.4 Å². The predicted molar refractivity (Wildman–Crippen MR) is 99.2 cm³/mol. The third kappa shape index (κ3) is 3.45. The first-order chi connectivity index (χ1) is 12.1. The number of nitrogens with zero attached hydrogens (tertiary/aromatic N) is 3. The molecule has 128 valence electrons. The Bertz CT molecular complexity index is 864. The topological polar surface area (TPSA) is 59.8 Å². The van der Waals surface area contributed by atoms with Crippen LogP contribution < -0.4 is 5.32 Å². The summed E-state index contributed by atoms with van der Waals surface area (Å²) in [5.41, 5.74) is 5.02. The maximum atomic E-state index is 12.8. The maximum Gasteiger partial charge on any atom is 0.278 e. The summed E-state index contributed by atoms with van der Waals surface area (Å²) in [6.45, 7) is 6.04. The standard InChI is InChI=1S/C20H22N4O/c1-4-9-17-19(22-23-24(17)16-12-6-5-7-13-16)20(25)21-18-14(2)10-8-11-15(18)3/h5-8,10-13H,4,9H2,1-3H3,(H,21,25). The average molecular weight is 334 g/mol. The average Bonchev–Trinajstić information content (AvgIpc) is 3.03. The lowest BCUT2D eigenvalue weighted by molar-refractivity contribution is 0.102. The summed E-state index contributed by atoms with van der Waals surface area (Å²) in [4.78, 5) is 12.8. The van der Waals surface area contributed by atoms with Crippen molar-refractivity contribution < 1.29 is 4.79 Å². The number of nitrogens with one attached hydrogen (secondary N) is 1. The van der Waals surface area contributed by atoms with E-state index in [9.17, 15) is 4.79 Å². The number of carbonyl (C=O) groups excluding carboxylic acids is 1. The fraction of sp³-hybridized carbons (Fsp3) is 0.250. The Morgan fingerprint density at radius 1 is 1.04 bits per heavy atom. The first-order valence-corrected chi connectivity index (χ1v) is 8.49. The van der Waals surface area contributed by atoms with Crippen LogP contribution in [0.5, 0.6) is 0 Å². The lowest BCUT2D eigenvalue weighted by Crippen LogP contribution is -2.17. The van der Waals surface area contributed by atoms with E-state index < -0.39 is 0 Å². The fourth-order valence-electron chi connectivity index (χ4n) is 2.90. The number of hydrogen-bond donors (Lipinski definition) is 1. The van der Waals surface area contributed by atoms with Crippen LogP contribution in [0.15, 0.2) is 48.5 Å². The van der Waals surface area contributed by atoms with Crippen LogP contribution in [0.3, 0.4) is 0 Å². The lowest BCUT2D eigenvalue weighted by Gasteiger charge is -2.11. The minimum Gasteiger partial charge on any atom is -0.320 e. The number of anilines is 1. The molecule has 25 heavy (non-hydrogen) atoms. The van der Waals surface area contributed by atoms with Crippen LogP contribution in [0, 0.1) is 13.8 Å². The van der Waals surface area contributed by atoms with E-state index in [4.69, 9.17) is 0 Å². The van der Waals surface area contributed by atoms with Crippen molar-refractivity contribution in [3.63, 3.8) is 0 Å². The number of aromatic nitrogens is 3. The molecule has 0 radical (unpaired) electrons. The van der Waals surface area contributed by atoms with Crippen molar-refractivity contribution in [1.29, 1.82) is 0 Å². The Morgan fingerprint density at radius 2 is 1.72 bits per heavy atom. The minimum absolute atomic E-state index is 0.219. The van der Waals surface area contributed by atoms with Gasteiger partial charge >= 0.3 is 0 Å². The summed E-state index contributed by atoms with van der Waals surface area (Å²) >= 11 is 0. The van der Waals surface area contributed by atoms with Gasteiger partial charge in [-0.15, -0.1) is 5.10 Å². The molecule has 0 fully saturated rings. The molecule has 0 aliphatic carbocycles. The maximum absolute atomic E-state index is 12.8. The van der Waals surface area contributed by atoms with E-state index in [-0.39, 0.29) is 5.91 Å². The zero-order valence-electron chi connectivity index (χ0n) is 14.8. The SMILES string of the molecule is CCCc1c(C(=O)Nc2c(C)cccc2C)nnn1-c1ccccc1. The normalized spacial score (nSPS) is 10.7. The zero-order chi connectivity index (χ0) is 17.8. The van der Waals surface area contributed by atoms with Crippen molar-refractivity contribution in [2.45, 2.75) is 33.6 Å². The number of aryl methyl sites for hydroxylation is 2. The van der Waals surface area contributed by atoms with Gasteiger partial charge in [0.2, 0.25) is 0 Å². The number of para-hydroxylation sites is 2. The van der Waals surface area contributed by atoms with Crippen LogP contribution in [-0.4, -0.2) is 20.9 Å². The molecule has 3 aromatic rings. The van der Waals surface area contributed by atoms with E-state index in [0.29, 0.717) is 5.69 Å². The highest BCUT2D eigenvalue weighted by Crippen LogP contribution is 2.21. The van der Waals surface area contributed by atoms with Gasteiger partial charge in [0, 0.05) is 5.69 Å². The second-order valence-electron chi connectivity index (χ2n) is 6.10. The van der Waals surface area contributed by atoms with Gasteiger partial charge in [-0.2, -0.15) is 0 Å². The molecule has 2 aromatic carbocycles. The van der Waals surface area contributed by atoms with Gasteiger partial charge in [-0.05, 0) is 43.5 Å². The number of rotatable bonds is 5. The van der Waals surface area contributed by atoms with E-state index >= 15 is 0 Å². The molecule has 0 saturated heterocycles. The largest absolute Gasteiger partial charge is 0.320 e. The van der Waals surface area contributed by atoms with Gasteiger partial charge < -0.3 is 5.32 Å². The predicted octanol–water partition coefficient (Wildman–Crippen LogP) is 4.09. The van der Waals surface area contributed by atoms with Crippen LogP contribution in [0.25, 0.3) is 5.69 Å². The lowest BCUT2D eigenvalue weighted by atomic mass is 10.1. The van der Waals surface area contributed by atoms with E-state index in [1.54, 1.807) is 4.68 Å². The number of benzene rings is 2. The second-order valence-corrected chi connectivity index (χ2v) is 6.10. The summed E-state index contributed by atoms with van der Waals surface area (Å²) in [5.74, 6) is -0.219. The Kier molecular flexibility index (Phi) is 4.93. The first kappa shape index (κ1) is 16.9. The Hall–Kier alpha value is -2.95. The molecule has 0 aliphatic rings. The van der Waals surface area contributed by atoms with E-state index in [0.717, 1.165) is 41.0 Å². The third-order valence-corrected chi connectivity index (χ3v) is 4.19. The third-order valence-electron chi connectivity index (χ3n) is 4.19. The highest BCUT2D eigenvalue weighted by atomic mass is 16.2. The molecule has 0 saturated carbocycles. The molecule has 0 aliphatic heterocycles. The number of carbonyl (C=O) groups is 1. The molecule has 3 rings (SSSR count). The van der Waals surface area contributed by atoms with Crippen molar-refractivity contribution in [2.24, 2.45) is 0 Å². The van der Waals surface area contributed by atoms with Crippen LogP contribution in [0.2, 0.25) is 0 Å². The molecule has 1 heterocycles. The van der Waals surface area contributed by atoms with Gasteiger partial charge in [0.1, 0.15) is 0 Å². The van der Waals surface area contributed by atoms with Gasteiger partial charge in [0.15, 0.2) is 5.69 Å². The highest BCUT2D eigenvalue weighted by molar-refractivity contribution is 6.04. The van der Waals surface area contributed by atoms with Crippen LogP contribution in [0.4, 0.5) is 5.69 Å². The van der Waals surface area contributed by atoms with Crippen molar-refractivity contribution in [3.8, 4) is 5.69 Å². The molecule has 1 amide bonds. The number of amides is 1. The van der Waals surface area contributed by atoms with Crippen molar-refractivity contribution in [3.05, 3.63) is 71.0 Å². The summed E-state index contributed by atoms with van der Waals surface area (Å²) in [6.07, 6.45) is 1.64. The zero-order valence-corrected chi connectivity index (χ0v) is 14.8. The summed E-state index contributed by atoms with van der Waals surface area (Å²) in [6, 6.07) is 15.7. The molecule has 1 N–H and O–H groups in total. The molecule has 5 nitrogen and oxygen atoms in total. The quantitative estimate of drug-likeness (QED) is 0.764. The van der Waals surface area contributed by atoms with Gasteiger partial charge in [0.25, 0.3) is 5.91 Å². The minimum atomic E-state index is -0.219. The van der Waals surface area contributed by atoms with E-state index in [1.165, 1.54) is 0 Å². The highest BCUT2D eigenvalue weighted by Gasteiger charge is 2.21. The van der Waals surface area contributed by atoms with Crippen molar-refractivity contribution in [2.75, 3.05) is 5.32 Å². The fourth-order valence-corrected chi connectivity index (χ4v) is 2.90. The van der Waals surface area contributed by atoms with E-state index in [2.05, 4.69) is 22.6 Å². The monoisotopic (exact) mass is 334 g/mol. The molecule has 1 aromatic heterocycles. The van der Waals surface area contributed by atoms with Crippen molar-refractivity contribution in [1.82, 2.24) is 15.0 Å². The molecule has 0 spiro atoms. The van der Waals surface area contributed by atoms with Crippen molar-refractivity contribution >= 4 is 11.6 Å². The second kappa shape index (κ2) is 7.30. The summed E-state index contributed by atoms with van der Waals surface area (Å²) in [5, 5.41) is 11.4. The Labute approximate surface area is 147 Å². The first-order valence-electron chi connectivity index (χ1n) is 8.49. The van der Waals surface area contributed by atoms with Gasteiger partial charge in [-0.1, -0.05) is 55.0 Å². The summed E-state index contributed by atoms with van der Waals surface area (Å²) in [7, 11) is 0. The Morgan fingerprint density at radius 3 is 2.36 bits per heavy atom. The number of hydrogen-bond acceptors (Lipinski definition) is 3. The van der Waals surface area contributed by atoms with Crippen LogP contribution >= 0.6 is 0 Å². The van der Waals surface area contributed by atoms with Gasteiger partial charge in [0.05, 0.1) is 11.4 Å². The molecular weight excluding hydrogens is 312 g/mol. The molecule has 0 bridgehead atoms. The molecule has 0 unspecified atom stereocenters. The summed E-state index contributed by atoms with van der Waals surface area (Å²) < 4.78 is 1.75. The van der Waals surface area contributed by atoms with Crippen LogP contribution in [0.1, 0.15) is 40.7 Å². The van der Waals surface area contributed by atoms with Gasteiger partial charge in [-0.3, -0.25) is 4.79 Å².